The number of hydrogen-bond donors (Lipinski definition) is 2. The van der Waals surface area contributed by atoms with Gasteiger partial charge in [-0.3, -0.25) is 9.59 Å². The zero-order chi connectivity index (χ0) is 21.5. The zero-order valence-corrected chi connectivity index (χ0v) is 18.2. The molecule has 1 aliphatic rings. The van der Waals surface area contributed by atoms with Crippen LogP contribution in [-0.2, 0) is 4.74 Å². The van der Waals surface area contributed by atoms with Crippen molar-refractivity contribution in [1.29, 1.82) is 0 Å². The molecule has 0 aromatic heterocycles. The van der Waals surface area contributed by atoms with Gasteiger partial charge in [0, 0.05) is 48.7 Å². The van der Waals surface area contributed by atoms with Crippen LogP contribution in [-0.4, -0.2) is 45.2 Å². The quantitative estimate of drug-likeness (QED) is 0.647. The number of anilines is 2. The predicted molar refractivity (Wildman–Crippen MR) is 121 cm³/mol. The normalized spacial score (nSPS) is 14.4. The second-order valence-corrected chi connectivity index (χ2v) is 8.05. The summed E-state index contributed by atoms with van der Waals surface area (Å²) in [5.41, 5.74) is 2.51. The maximum atomic E-state index is 12.9. The van der Waals surface area contributed by atoms with Crippen molar-refractivity contribution < 1.29 is 14.3 Å². The average Bonchev–Trinajstić information content (AvgIpc) is 2.75. The summed E-state index contributed by atoms with van der Waals surface area (Å²) in [6.45, 7) is 4.94. The smallest absolute Gasteiger partial charge is 0.255 e. The van der Waals surface area contributed by atoms with E-state index in [2.05, 4.69) is 22.5 Å². The third kappa shape index (κ3) is 5.74. The van der Waals surface area contributed by atoms with E-state index in [1.165, 1.54) is 0 Å². The SMILES string of the molecule is COCCNC(=O)c1cc(NC(=O)c2ccc(Cl)cc2)ccc1N1CCC(C)CC1. The van der Waals surface area contributed by atoms with Gasteiger partial charge in [-0.1, -0.05) is 18.5 Å². The summed E-state index contributed by atoms with van der Waals surface area (Å²) in [5.74, 6) is 0.262. The summed E-state index contributed by atoms with van der Waals surface area (Å²) in [7, 11) is 1.60. The standard InChI is InChI=1S/C23H28ClN3O3/c1-16-9-12-27(13-10-16)21-8-7-19(15-20(21)23(29)25-11-14-30-2)26-22(28)17-3-5-18(24)6-4-17/h3-8,15-16H,9-14H2,1-2H3,(H,25,29)(H,26,28). The number of nitrogens with one attached hydrogen (secondary N) is 2. The van der Waals surface area contributed by atoms with Crippen molar-refractivity contribution in [2.24, 2.45) is 5.92 Å². The second-order valence-electron chi connectivity index (χ2n) is 7.61. The molecule has 1 fully saturated rings. The second kappa shape index (κ2) is 10.5. The number of amides is 2. The van der Waals surface area contributed by atoms with Crippen LogP contribution in [0.1, 0.15) is 40.5 Å². The Hall–Kier alpha value is -2.57. The molecule has 160 valence electrons. The molecule has 0 radical (unpaired) electrons. The highest BCUT2D eigenvalue weighted by Gasteiger charge is 2.22. The Morgan fingerprint density at radius 1 is 1.10 bits per heavy atom. The van der Waals surface area contributed by atoms with Crippen LogP contribution >= 0.6 is 11.6 Å². The molecule has 0 saturated carbocycles. The number of carbonyl (C=O) groups is 2. The maximum Gasteiger partial charge on any atom is 0.255 e. The van der Waals surface area contributed by atoms with E-state index in [4.69, 9.17) is 16.3 Å². The topological polar surface area (TPSA) is 70.7 Å². The number of rotatable bonds is 7. The molecule has 2 aromatic rings. The number of hydrogen-bond acceptors (Lipinski definition) is 4. The first kappa shape index (κ1) is 22.1. The molecule has 1 saturated heterocycles. The molecule has 0 bridgehead atoms. The average molecular weight is 430 g/mol. The lowest BCUT2D eigenvalue weighted by Gasteiger charge is -2.33. The van der Waals surface area contributed by atoms with Crippen molar-refractivity contribution in [2.75, 3.05) is 43.6 Å². The van der Waals surface area contributed by atoms with Crippen molar-refractivity contribution in [3.63, 3.8) is 0 Å². The summed E-state index contributed by atoms with van der Waals surface area (Å²) in [6.07, 6.45) is 2.19. The van der Waals surface area contributed by atoms with Crippen molar-refractivity contribution in [3.8, 4) is 0 Å². The largest absolute Gasteiger partial charge is 0.383 e. The Morgan fingerprint density at radius 3 is 2.47 bits per heavy atom. The summed E-state index contributed by atoms with van der Waals surface area (Å²) in [4.78, 5) is 27.7. The molecule has 1 aliphatic heterocycles. The minimum Gasteiger partial charge on any atom is -0.383 e. The van der Waals surface area contributed by atoms with E-state index in [1.807, 2.05) is 12.1 Å². The van der Waals surface area contributed by atoms with Gasteiger partial charge in [-0.15, -0.1) is 0 Å². The molecule has 2 N–H and O–H groups in total. The predicted octanol–water partition coefficient (Wildman–Crippen LogP) is 4.20. The van der Waals surface area contributed by atoms with Crippen LogP contribution in [0, 0.1) is 5.92 Å². The van der Waals surface area contributed by atoms with Gasteiger partial charge in [-0.2, -0.15) is 0 Å². The molecule has 2 amide bonds. The van der Waals surface area contributed by atoms with Gasteiger partial charge in [0.2, 0.25) is 0 Å². The van der Waals surface area contributed by atoms with E-state index in [0.717, 1.165) is 31.6 Å². The first-order valence-electron chi connectivity index (χ1n) is 10.2. The van der Waals surface area contributed by atoms with E-state index in [0.29, 0.717) is 40.9 Å². The molecule has 6 nitrogen and oxygen atoms in total. The Kier molecular flexibility index (Phi) is 7.71. The molecule has 0 aliphatic carbocycles. The Bertz CT molecular complexity index is 878. The van der Waals surface area contributed by atoms with Gasteiger partial charge < -0.3 is 20.3 Å². The number of halogens is 1. The first-order chi connectivity index (χ1) is 14.5. The molecule has 0 atom stereocenters. The van der Waals surface area contributed by atoms with Crippen LogP contribution in [0.15, 0.2) is 42.5 Å². The fraction of sp³-hybridized carbons (Fsp3) is 0.391. The third-order valence-electron chi connectivity index (χ3n) is 5.32. The number of nitrogens with zero attached hydrogens (tertiary/aromatic N) is 1. The van der Waals surface area contributed by atoms with Gasteiger partial charge in [-0.25, -0.2) is 0 Å². The van der Waals surface area contributed by atoms with Crippen molar-refractivity contribution in [3.05, 3.63) is 58.6 Å². The van der Waals surface area contributed by atoms with Crippen LogP contribution in [0.5, 0.6) is 0 Å². The van der Waals surface area contributed by atoms with Gasteiger partial charge >= 0.3 is 0 Å². The van der Waals surface area contributed by atoms with E-state index in [-0.39, 0.29) is 11.8 Å². The van der Waals surface area contributed by atoms with Crippen LogP contribution in [0.4, 0.5) is 11.4 Å². The summed E-state index contributed by atoms with van der Waals surface area (Å²) in [5, 5.41) is 6.33. The number of ether oxygens (including phenoxy) is 1. The number of methoxy groups -OCH3 is 1. The lowest BCUT2D eigenvalue weighted by atomic mass is 9.97. The van der Waals surface area contributed by atoms with Gasteiger partial charge in [0.25, 0.3) is 11.8 Å². The van der Waals surface area contributed by atoms with Gasteiger partial charge in [0.05, 0.1) is 12.2 Å². The molecule has 0 unspecified atom stereocenters. The van der Waals surface area contributed by atoms with E-state index in [1.54, 1.807) is 37.4 Å². The Morgan fingerprint density at radius 2 is 1.80 bits per heavy atom. The summed E-state index contributed by atoms with van der Waals surface area (Å²) < 4.78 is 5.03. The van der Waals surface area contributed by atoms with Crippen molar-refractivity contribution in [1.82, 2.24) is 5.32 Å². The molecule has 1 heterocycles. The minimum absolute atomic E-state index is 0.178. The zero-order valence-electron chi connectivity index (χ0n) is 17.4. The molecule has 0 spiro atoms. The fourth-order valence-corrected chi connectivity index (χ4v) is 3.61. The fourth-order valence-electron chi connectivity index (χ4n) is 3.49. The monoisotopic (exact) mass is 429 g/mol. The van der Waals surface area contributed by atoms with Gasteiger partial charge in [0.1, 0.15) is 0 Å². The maximum absolute atomic E-state index is 12.9. The van der Waals surface area contributed by atoms with Crippen LogP contribution in [0.3, 0.4) is 0 Å². The molecular weight excluding hydrogens is 402 g/mol. The van der Waals surface area contributed by atoms with Gasteiger partial charge in [-0.05, 0) is 61.2 Å². The van der Waals surface area contributed by atoms with E-state index in [9.17, 15) is 9.59 Å². The molecule has 2 aromatic carbocycles. The number of carbonyl (C=O) groups excluding carboxylic acids is 2. The van der Waals surface area contributed by atoms with Crippen LogP contribution in [0.2, 0.25) is 5.02 Å². The molecule has 7 heteroatoms. The van der Waals surface area contributed by atoms with Crippen LogP contribution in [0.25, 0.3) is 0 Å². The molecule has 3 rings (SSSR count). The molecule has 30 heavy (non-hydrogen) atoms. The first-order valence-corrected chi connectivity index (χ1v) is 10.6. The number of piperidine rings is 1. The highest BCUT2D eigenvalue weighted by molar-refractivity contribution is 6.30. The molecular formula is C23H28ClN3O3. The van der Waals surface area contributed by atoms with Crippen molar-refractivity contribution >= 4 is 34.8 Å². The van der Waals surface area contributed by atoms with Crippen LogP contribution < -0.4 is 15.5 Å². The number of benzene rings is 2. The lowest BCUT2D eigenvalue weighted by Crippen LogP contribution is -2.35. The Labute approximate surface area is 182 Å². The lowest BCUT2D eigenvalue weighted by molar-refractivity contribution is 0.0936. The summed E-state index contributed by atoms with van der Waals surface area (Å²) >= 11 is 5.89. The highest BCUT2D eigenvalue weighted by Crippen LogP contribution is 2.29. The minimum atomic E-state index is -0.253. The third-order valence-corrected chi connectivity index (χ3v) is 5.57. The van der Waals surface area contributed by atoms with E-state index >= 15 is 0 Å². The van der Waals surface area contributed by atoms with Gasteiger partial charge in [0.15, 0.2) is 0 Å². The van der Waals surface area contributed by atoms with E-state index < -0.39 is 0 Å². The Balaban J connectivity index is 1.82. The summed E-state index contributed by atoms with van der Waals surface area (Å²) in [6, 6.07) is 12.2. The highest BCUT2D eigenvalue weighted by atomic mass is 35.5. The van der Waals surface area contributed by atoms with Crippen molar-refractivity contribution in [2.45, 2.75) is 19.8 Å².